The van der Waals surface area contributed by atoms with E-state index in [-0.39, 0.29) is 23.8 Å². The van der Waals surface area contributed by atoms with Crippen molar-refractivity contribution >= 4 is 0 Å². The Morgan fingerprint density at radius 3 is 2.39 bits per heavy atom. The largest absolute Gasteiger partial charge is 0.338 e. The Bertz CT molecular complexity index is 634. The van der Waals surface area contributed by atoms with Gasteiger partial charge < -0.3 is 4.52 Å². The summed E-state index contributed by atoms with van der Waals surface area (Å²) in [7, 11) is 0. The maximum absolute atomic E-state index is 13.2. The predicted molar refractivity (Wildman–Crippen MR) is 86.4 cm³/mol. The lowest BCUT2D eigenvalue weighted by Crippen LogP contribution is -2.34. The predicted octanol–water partition coefficient (Wildman–Crippen LogP) is 4.52. The molecule has 1 aromatic heterocycles. The molecule has 1 N–H and O–H groups in total. The third kappa shape index (κ3) is 3.61. The van der Waals surface area contributed by atoms with Crippen LogP contribution in [-0.2, 0) is 0 Å². The maximum atomic E-state index is 13.2. The van der Waals surface area contributed by atoms with Crippen LogP contribution in [0.2, 0.25) is 0 Å². The fourth-order valence-electron chi connectivity index (χ4n) is 2.95. The molecule has 0 aliphatic heterocycles. The van der Waals surface area contributed by atoms with E-state index in [1.807, 2.05) is 32.9 Å². The summed E-state index contributed by atoms with van der Waals surface area (Å²) >= 11 is 0. The molecule has 1 aliphatic rings. The normalized spacial score (nSPS) is 18.0. The van der Waals surface area contributed by atoms with Gasteiger partial charge in [0.1, 0.15) is 5.82 Å². The minimum Gasteiger partial charge on any atom is -0.338 e. The lowest BCUT2D eigenvalue weighted by Gasteiger charge is -2.36. The van der Waals surface area contributed by atoms with Gasteiger partial charge in [0.2, 0.25) is 5.89 Å². The summed E-state index contributed by atoms with van der Waals surface area (Å²) in [5, 5.41) is 7.64. The maximum Gasteiger partial charge on any atom is 0.243 e. The molecule has 0 radical (unpaired) electrons. The van der Waals surface area contributed by atoms with E-state index in [1.165, 1.54) is 31.4 Å². The van der Waals surface area contributed by atoms with Crippen LogP contribution in [0.4, 0.5) is 4.39 Å². The number of nitrogens with zero attached hydrogens (tertiary/aromatic N) is 2. The topological polar surface area (TPSA) is 51.0 Å². The number of benzene rings is 1. The third-order valence-electron chi connectivity index (χ3n) is 4.62. The van der Waals surface area contributed by atoms with Crippen LogP contribution in [-0.4, -0.2) is 10.1 Å². The minimum absolute atomic E-state index is 0.0364. The highest BCUT2D eigenvalue weighted by atomic mass is 19.1. The average molecular weight is 317 g/mol. The van der Waals surface area contributed by atoms with Crippen LogP contribution < -0.4 is 5.32 Å². The number of halogens is 1. The van der Waals surface area contributed by atoms with Crippen molar-refractivity contribution in [2.24, 2.45) is 5.92 Å². The molecule has 5 heteroatoms. The van der Waals surface area contributed by atoms with Gasteiger partial charge in [-0.05, 0) is 43.4 Å². The Kier molecular flexibility index (Phi) is 4.76. The molecule has 0 saturated heterocycles. The number of rotatable bonds is 6. The monoisotopic (exact) mass is 317 g/mol. The summed E-state index contributed by atoms with van der Waals surface area (Å²) in [6, 6.07) is 6.93. The van der Waals surface area contributed by atoms with Gasteiger partial charge in [-0.3, -0.25) is 5.32 Å². The van der Waals surface area contributed by atoms with Crippen LogP contribution in [0.1, 0.15) is 75.3 Å². The second-order valence-electron chi connectivity index (χ2n) is 6.75. The van der Waals surface area contributed by atoms with Crippen LogP contribution >= 0.6 is 0 Å². The SMILES string of the molecule is CC(C)c1noc(C(C)NC(c2ccc(F)cc2)C2CCC2)n1. The molecular weight excluding hydrogens is 293 g/mol. The van der Waals surface area contributed by atoms with Crippen LogP contribution in [0, 0.1) is 11.7 Å². The van der Waals surface area contributed by atoms with E-state index in [9.17, 15) is 4.39 Å². The van der Waals surface area contributed by atoms with Crippen molar-refractivity contribution in [2.75, 3.05) is 0 Å². The molecule has 3 rings (SSSR count). The molecule has 2 unspecified atom stereocenters. The van der Waals surface area contributed by atoms with Crippen molar-refractivity contribution < 1.29 is 8.91 Å². The first kappa shape index (κ1) is 16.1. The Labute approximate surface area is 136 Å². The van der Waals surface area contributed by atoms with Crippen molar-refractivity contribution in [3.8, 4) is 0 Å². The van der Waals surface area contributed by atoms with Crippen LogP contribution in [0.15, 0.2) is 28.8 Å². The summed E-state index contributed by atoms with van der Waals surface area (Å²) in [5.74, 6) is 1.97. The first-order valence-electron chi connectivity index (χ1n) is 8.39. The van der Waals surface area contributed by atoms with E-state index >= 15 is 0 Å². The Hall–Kier alpha value is -1.75. The molecule has 124 valence electrons. The molecule has 1 aromatic carbocycles. The minimum atomic E-state index is -0.201. The van der Waals surface area contributed by atoms with Crippen molar-refractivity contribution in [1.29, 1.82) is 0 Å². The highest BCUT2D eigenvalue weighted by molar-refractivity contribution is 5.21. The average Bonchev–Trinajstić information content (AvgIpc) is 2.95. The lowest BCUT2D eigenvalue weighted by molar-refractivity contribution is 0.207. The lowest BCUT2D eigenvalue weighted by atomic mass is 9.77. The highest BCUT2D eigenvalue weighted by Crippen LogP contribution is 2.39. The van der Waals surface area contributed by atoms with Gasteiger partial charge in [-0.1, -0.05) is 37.6 Å². The Morgan fingerprint density at radius 1 is 1.17 bits per heavy atom. The number of nitrogens with one attached hydrogen (secondary N) is 1. The molecule has 0 bridgehead atoms. The van der Waals surface area contributed by atoms with Crippen molar-refractivity contribution in [1.82, 2.24) is 15.5 Å². The van der Waals surface area contributed by atoms with Crippen molar-refractivity contribution in [2.45, 2.75) is 58.0 Å². The zero-order valence-electron chi connectivity index (χ0n) is 13.9. The summed E-state index contributed by atoms with van der Waals surface area (Å²) in [6.07, 6.45) is 3.65. The summed E-state index contributed by atoms with van der Waals surface area (Å²) in [6.45, 7) is 6.12. The fourth-order valence-corrected chi connectivity index (χ4v) is 2.95. The highest BCUT2D eigenvalue weighted by Gasteiger charge is 2.30. The van der Waals surface area contributed by atoms with Gasteiger partial charge in [-0.25, -0.2) is 4.39 Å². The van der Waals surface area contributed by atoms with E-state index < -0.39 is 0 Å². The van der Waals surface area contributed by atoms with Crippen LogP contribution in [0.25, 0.3) is 0 Å². The Morgan fingerprint density at radius 2 is 1.87 bits per heavy atom. The van der Waals surface area contributed by atoms with E-state index in [0.29, 0.717) is 11.8 Å². The van der Waals surface area contributed by atoms with Gasteiger partial charge in [0.25, 0.3) is 0 Å². The number of hydrogen-bond acceptors (Lipinski definition) is 4. The van der Waals surface area contributed by atoms with E-state index in [4.69, 9.17) is 4.52 Å². The molecule has 1 heterocycles. The summed E-state index contributed by atoms with van der Waals surface area (Å²) in [5.41, 5.74) is 1.12. The molecule has 2 aromatic rings. The second kappa shape index (κ2) is 6.79. The van der Waals surface area contributed by atoms with Crippen molar-refractivity contribution in [3.63, 3.8) is 0 Å². The first-order valence-corrected chi connectivity index (χ1v) is 8.39. The molecule has 0 spiro atoms. The van der Waals surface area contributed by atoms with E-state index in [0.717, 1.165) is 11.4 Å². The van der Waals surface area contributed by atoms with Gasteiger partial charge >= 0.3 is 0 Å². The summed E-state index contributed by atoms with van der Waals surface area (Å²) < 4.78 is 18.6. The van der Waals surface area contributed by atoms with E-state index in [1.54, 1.807) is 0 Å². The standard InChI is InChI=1S/C18H24FN3O/c1-11(2)17-21-18(23-22-17)12(3)20-16(13-5-4-6-13)14-7-9-15(19)10-8-14/h7-13,16,20H,4-6H2,1-3H3. The summed E-state index contributed by atoms with van der Waals surface area (Å²) in [4.78, 5) is 4.47. The molecule has 1 saturated carbocycles. The molecule has 23 heavy (non-hydrogen) atoms. The smallest absolute Gasteiger partial charge is 0.243 e. The first-order chi connectivity index (χ1) is 11.0. The fraction of sp³-hybridized carbons (Fsp3) is 0.556. The van der Waals surface area contributed by atoms with Crippen LogP contribution in [0.5, 0.6) is 0 Å². The van der Waals surface area contributed by atoms with Gasteiger partial charge in [-0.2, -0.15) is 4.98 Å². The van der Waals surface area contributed by atoms with Gasteiger partial charge in [0.05, 0.1) is 6.04 Å². The molecule has 0 amide bonds. The zero-order chi connectivity index (χ0) is 16.4. The number of hydrogen-bond donors (Lipinski definition) is 1. The van der Waals surface area contributed by atoms with Gasteiger partial charge in [-0.15, -0.1) is 0 Å². The quantitative estimate of drug-likeness (QED) is 0.851. The van der Waals surface area contributed by atoms with Crippen molar-refractivity contribution in [3.05, 3.63) is 47.4 Å². The molecule has 1 aliphatic carbocycles. The third-order valence-corrected chi connectivity index (χ3v) is 4.62. The second-order valence-corrected chi connectivity index (χ2v) is 6.75. The molecular formula is C18H24FN3O. The number of aromatic nitrogens is 2. The Balaban J connectivity index is 1.76. The van der Waals surface area contributed by atoms with Gasteiger partial charge in [0.15, 0.2) is 5.82 Å². The molecule has 2 atom stereocenters. The van der Waals surface area contributed by atoms with Gasteiger partial charge in [0, 0.05) is 12.0 Å². The van der Waals surface area contributed by atoms with E-state index in [2.05, 4.69) is 15.5 Å². The zero-order valence-corrected chi connectivity index (χ0v) is 13.9. The molecule has 1 fully saturated rings. The molecule has 4 nitrogen and oxygen atoms in total. The van der Waals surface area contributed by atoms with Crippen LogP contribution in [0.3, 0.4) is 0 Å².